The fraction of sp³-hybridized carbons (Fsp3) is 0.389. The van der Waals surface area contributed by atoms with Crippen molar-refractivity contribution in [3.8, 4) is 5.69 Å². The number of carbonyl (C=O) groups excluding carboxylic acids is 2. The van der Waals surface area contributed by atoms with Gasteiger partial charge in [0.25, 0.3) is 0 Å². The van der Waals surface area contributed by atoms with Crippen molar-refractivity contribution in [1.29, 1.82) is 0 Å². The van der Waals surface area contributed by atoms with Gasteiger partial charge in [-0.25, -0.2) is 9.37 Å². The van der Waals surface area contributed by atoms with Crippen molar-refractivity contribution in [1.82, 2.24) is 14.5 Å². The van der Waals surface area contributed by atoms with E-state index in [1.807, 2.05) is 0 Å². The molecule has 1 aliphatic heterocycles. The first kappa shape index (κ1) is 17.1. The molecule has 2 amide bonds. The second-order valence-corrected chi connectivity index (χ2v) is 6.22. The molecule has 2 heterocycles. The van der Waals surface area contributed by atoms with Gasteiger partial charge < -0.3 is 14.8 Å². The third-order valence-electron chi connectivity index (χ3n) is 4.51. The number of nitrogens with one attached hydrogen (secondary N) is 1. The highest BCUT2D eigenvalue weighted by Gasteiger charge is 2.30. The molecule has 0 spiro atoms. The van der Waals surface area contributed by atoms with Crippen LogP contribution in [0.2, 0.25) is 0 Å². The molecule has 1 aromatic carbocycles. The predicted molar refractivity (Wildman–Crippen MR) is 91.9 cm³/mol. The van der Waals surface area contributed by atoms with Crippen LogP contribution in [0.1, 0.15) is 32.0 Å². The number of imidazole rings is 1. The Bertz CT molecular complexity index is 802. The van der Waals surface area contributed by atoms with Gasteiger partial charge in [0.05, 0.1) is 5.69 Å². The number of carbonyl (C=O) groups is 2. The molecule has 1 N–H and O–H groups in total. The van der Waals surface area contributed by atoms with Crippen molar-refractivity contribution in [3.05, 3.63) is 42.2 Å². The molecule has 0 bridgehead atoms. The van der Waals surface area contributed by atoms with Crippen LogP contribution in [0.3, 0.4) is 0 Å². The molecular weight excluding hydrogens is 323 g/mol. The molecule has 3 rings (SSSR count). The summed E-state index contributed by atoms with van der Waals surface area (Å²) in [6.07, 6.45) is 5.70. The molecule has 1 aromatic heterocycles. The van der Waals surface area contributed by atoms with Crippen LogP contribution in [0.5, 0.6) is 0 Å². The van der Waals surface area contributed by atoms with Gasteiger partial charge in [-0.15, -0.1) is 0 Å². The monoisotopic (exact) mass is 344 g/mol. The lowest BCUT2D eigenvalue weighted by Crippen LogP contribution is -2.49. The summed E-state index contributed by atoms with van der Waals surface area (Å²) in [6.45, 7) is 3.84. The Morgan fingerprint density at radius 1 is 1.32 bits per heavy atom. The molecule has 25 heavy (non-hydrogen) atoms. The van der Waals surface area contributed by atoms with E-state index in [-0.39, 0.29) is 11.8 Å². The number of benzene rings is 1. The Labute approximate surface area is 145 Å². The topological polar surface area (TPSA) is 67.2 Å². The number of anilines is 1. The molecule has 0 radical (unpaired) electrons. The van der Waals surface area contributed by atoms with E-state index in [9.17, 15) is 14.0 Å². The normalized spacial score (nSPS) is 17.4. The van der Waals surface area contributed by atoms with Gasteiger partial charge >= 0.3 is 0 Å². The number of hydrogen-bond donors (Lipinski definition) is 1. The van der Waals surface area contributed by atoms with Crippen LogP contribution in [0.4, 0.5) is 10.1 Å². The lowest BCUT2D eigenvalue weighted by Gasteiger charge is -2.33. The summed E-state index contributed by atoms with van der Waals surface area (Å²) in [5.74, 6) is -0.168. The summed E-state index contributed by atoms with van der Waals surface area (Å²) in [4.78, 5) is 29.9. The highest BCUT2D eigenvalue weighted by Crippen LogP contribution is 2.22. The highest BCUT2D eigenvalue weighted by molar-refractivity contribution is 5.97. The first-order chi connectivity index (χ1) is 12.0. The lowest BCUT2D eigenvalue weighted by molar-refractivity contribution is -0.138. The standard InChI is InChI=1S/C18H21FN4O2/c1-12-20-8-10-22(12)16-7-6-14(11-15(16)19)21-18(25)17-5-3-4-9-23(17)13(2)24/h6-8,10-11,17H,3-5,9H2,1-2H3,(H,21,25)/t17-/m0/s1. The van der Waals surface area contributed by atoms with Gasteiger partial charge in [-0.05, 0) is 44.4 Å². The Kier molecular flexibility index (Phi) is 4.83. The number of aromatic nitrogens is 2. The van der Waals surface area contributed by atoms with E-state index in [2.05, 4.69) is 10.3 Å². The fourth-order valence-electron chi connectivity index (χ4n) is 3.22. The minimum Gasteiger partial charge on any atom is -0.331 e. The maximum atomic E-state index is 14.4. The predicted octanol–water partition coefficient (Wildman–Crippen LogP) is 2.66. The highest BCUT2D eigenvalue weighted by atomic mass is 19.1. The van der Waals surface area contributed by atoms with E-state index in [0.29, 0.717) is 30.2 Å². The van der Waals surface area contributed by atoms with Crippen LogP contribution >= 0.6 is 0 Å². The summed E-state index contributed by atoms with van der Waals surface area (Å²) < 4.78 is 16.1. The first-order valence-corrected chi connectivity index (χ1v) is 8.35. The minimum absolute atomic E-state index is 0.114. The molecule has 7 heteroatoms. The van der Waals surface area contributed by atoms with Crippen molar-refractivity contribution < 1.29 is 14.0 Å². The Morgan fingerprint density at radius 2 is 2.12 bits per heavy atom. The van der Waals surface area contributed by atoms with E-state index in [4.69, 9.17) is 0 Å². The third kappa shape index (κ3) is 3.55. The smallest absolute Gasteiger partial charge is 0.247 e. The zero-order valence-electron chi connectivity index (χ0n) is 14.3. The number of halogens is 1. The average molecular weight is 344 g/mol. The molecule has 0 saturated carbocycles. The van der Waals surface area contributed by atoms with Crippen molar-refractivity contribution in [3.63, 3.8) is 0 Å². The molecular formula is C18H21FN4O2. The molecule has 2 aromatic rings. The Hall–Kier alpha value is -2.70. The van der Waals surface area contributed by atoms with Gasteiger partial charge in [-0.1, -0.05) is 0 Å². The summed E-state index contributed by atoms with van der Waals surface area (Å²) in [5.41, 5.74) is 0.745. The third-order valence-corrected chi connectivity index (χ3v) is 4.51. The van der Waals surface area contributed by atoms with Crippen LogP contribution in [-0.2, 0) is 9.59 Å². The largest absolute Gasteiger partial charge is 0.331 e. The van der Waals surface area contributed by atoms with Crippen molar-refractivity contribution >= 4 is 17.5 Å². The van der Waals surface area contributed by atoms with Gasteiger partial charge in [0.1, 0.15) is 17.7 Å². The summed E-state index contributed by atoms with van der Waals surface area (Å²) in [6, 6.07) is 4.04. The molecule has 1 atom stereocenters. The maximum Gasteiger partial charge on any atom is 0.247 e. The van der Waals surface area contributed by atoms with E-state index in [1.54, 1.807) is 40.9 Å². The second-order valence-electron chi connectivity index (χ2n) is 6.22. The number of aryl methyl sites for hydroxylation is 1. The number of hydrogen-bond acceptors (Lipinski definition) is 3. The Morgan fingerprint density at radius 3 is 2.76 bits per heavy atom. The lowest BCUT2D eigenvalue weighted by atomic mass is 10.0. The van der Waals surface area contributed by atoms with Gasteiger partial charge in [0, 0.05) is 31.5 Å². The average Bonchev–Trinajstić information content (AvgIpc) is 3.01. The van der Waals surface area contributed by atoms with Gasteiger partial charge in [-0.3, -0.25) is 9.59 Å². The van der Waals surface area contributed by atoms with E-state index in [0.717, 1.165) is 12.8 Å². The summed E-state index contributed by atoms with van der Waals surface area (Å²) in [7, 11) is 0. The first-order valence-electron chi connectivity index (χ1n) is 8.35. The number of amides is 2. The van der Waals surface area contributed by atoms with E-state index < -0.39 is 11.9 Å². The fourth-order valence-corrected chi connectivity index (χ4v) is 3.22. The number of nitrogens with zero attached hydrogens (tertiary/aromatic N) is 3. The van der Waals surface area contributed by atoms with Gasteiger partial charge in [-0.2, -0.15) is 0 Å². The van der Waals surface area contributed by atoms with Crippen LogP contribution in [-0.4, -0.2) is 38.9 Å². The quantitative estimate of drug-likeness (QED) is 0.931. The maximum absolute atomic E-state index is 14.4. The van der Waals surface area contributed by atoms with Crippen LogP contribution in [0, 0.1) is 12.7 Å². The van der Waals surface area contributed by atoms with Crippen molar-refractivity contribution in [2.24, 2.45) is 0 Å². The molecule has 132 valence electrons. The van der Waals surface area contributed by atoms with E-state index >= 15 is 0 Å². The minimum atomic E-state index is -0.495. The summed E-state index contributed by atoms with van der Waals surface area (Å²) >= 11 is 0. The SMILES string of the molecule is CC(=O)N1CCCC[C@H]1C(=O)Nc1ccc(-n2ccnc2C)c(F)c1. The van der Waals surface area contributed by atoms with Gasteiger partial charge in [0.2, 0.25) is 11.8 Å². The van der Waals surface area contributed by atoms with Crippen molar-refractivity contribution in [2.75, 3.05) is 11.9 Å². The Balaban J connectivity index is 1.77. The van der Waals surface area contributed by atoms with Gasteiger partial charge in [0.15, 0.2) is 0 Å². The number of rotatable bonds is 3. The zero-order valence-corrected chi connectivity index (χ0v) is 14.3. The second kappa shape index (κ2) is 7.04. The van der Waals surface area contributed by atoms with Crippen molar-refractivity contribution in [2.45, 2.75) is 39.2 Å². The molecule has 0 unspecified atom stereocenters. The molecule has 0 aliphatic carbocycles. The van der Waals surface area contributed by atoms with E-state index in [1.165, 1.54) is 13.0 Å². The van der Waals surface area contributed by atoms with Crippen LogP contribution in [0.15, 0.2) is 30.6 Å². The summed E-state index contributed by atoms with van der Waals surface area (Å²) in [5, 5.41) is 2.73. The number of likely N-dealkylation sites (tertiary alicyclic amines) is 1. The molecule has 1 aliphatic rings. The zero-order chi connectivity index (χ0) is 18.0. The van der Waals surface area contributed by atoms with Crippen LogP contribution in [0.25, 0.3) is 5.69 Å². The molecule has 6 nitrogen and oxygen atoms in total. The molecule has 1 saturated heterocycles. The molecule has 1 fully saturated rings. The van der Waals surface area contributed by atoms with Crippen LogP contribution < -0.4 is 5.32 Å². The number of piperidine rings is 1.